The molecule has 2 N–H and O–H groups in total. The lowest BCUT2D eigenvalue weighted by Crippen LogP contribution is -2.29. The quantitative estimate of drug-likeness (QED) is 0.862. The van der Waals surface area contributed by atoms with Crippen molar-refractivity contribution in [2.45, 2.75) is 6.54 Å². The Morgan fingerprint density at radius 2 is 1.95 bits per heavy atom. The van der Waals surface area contributed by atoms with Crippen molar-refractivity contribution in [1.29, 1.82) is 0 Å². The molecule has 21 heavy (non-hydrogen) atoms. The van der Waals surface area contributed by atoms with Crippen LogP contribution >= 0.6 is 11.6 Å². The lowest BCUT2D eigenvalue weighted by atomic mass is 10.2. The van der Waals surface area contributed by atoms with E-state index in [4.69, 9.17) is 16.3 Å². The number of rotatable bonds is 6. The first-order chi connectivity index (χ1) is 10.2. The van der Waals surface area contributed by atoms with E-state index in [0.29, 0.717) is 23.0 Å². The second kappa shape index (κ2) is 7.55. The van der Waals surface area contributed by atoms with Crippen molar-refractivity contribution < 1.29 is 9.53 Å². The summed E-state index contributed by atoms with van der Waals surface area (Å²) in [6.07, 6.45) is 0. The summed E-state index contributed by atoms with van der Waals surface area (Å²) in [4.78, 5) is 11.8. The van der Waals surface area contributed by atoms with Crippen LogP contribution in [0.25, 0.3) is 0 Å². The van der Waals surface area contributed by atoms with Gasteiger partial charge < -0.3 is 15.4 Å². The summed E-state index contributed by atoms with van der Waals surface area (Å²) in [7, 11) is 1.57. The monoisotopic (exact) mass is 304 g/mol. The number of carbonyl (C=O) groups is 1. The molecule has 0 unspecified atom stereocenters. The molecule has 2 aromatic rings. The average Bonchev–Trinajstić information content (AvgIpc) is 2.52. The minimum absolute atomic E-state index is 0.0964. The van der Waals surface area contributed by atoms with Crippen LogP contribution in [-0.2, 0) is 11.3 Å². The molecule has 0 spiro atoms. The SMILES string of the molecule is COc1ccc(Cl)cc1NCC(=O)NCc1ccccc1. The molecular formula is C16H17ClN2O2. The maximum Gasteiger partial charge on any atom is 0.239 e. The van der Waals surface area contributed by atoms with E-state index in [2.05, 4.69) is 10.6 Å². The number of methoxy groups -OCH3 is 1. The van der Waals surface area contributed by atoms with E-state index in [1.807, 2.05) is 30.3 Å². The normalized spacial score (nSPS) is 10.0. The molecule has 4 nitrogen and oxygen atoms in total. The Labute approximate surface area is 129 Å². The lowest BCUT2D eigenvalue weighted by Gasteiger charge is -2.11. The molecule has 2 rings (SSSR count). The highest BCUT2D eigenvalue weighted by Crippen LogP contribution is 2.27. The first-order valence-corrected chi connectivity index (χ1v) is 6.95. The van der Waals surface area contributed by atoms with Crippen molar-refractivity contribution in [2.24, 2.45) is 0 Å². The maximum atomic E-state index is 11.8. The van der Waals surface area contributed by atoms with E-state index in [9.17, 15) is 4.79 Å². The van der Waals surface area contributed by atoms with Crippen molar-refractivity contribution >= 4 is 23.2 Å². The number of hydrogen-bond acceptors (Lipinski definition) is 3. The van der Waals surface area contributed by atoms with Gasteiger partial charge in [-0.2, -0.15) is 0 Å². The molecular weight excluding hydrogens is 288 g/mol. The first kappa shape index (κ1) is 15.2. The summed E-state index contributed by atoms with van der Waals surface area (Å²) in [6.45, 7) is 0.664. The Bertz CT molecular complexity index is 602. The Morgan fingerprint density at radius 1 is 1.19 bits per heavy atom. The molecule has 0 fully saturated rings. The lowest BCUT2D eigenvalue weighted by molar-refractivity contribution is -0.119. The van der Waals surface area contributed by atoms with Crippen molar-refractivity contribution in [1.82, 2.24) is 5.32 Å². The molecule has 110 valence electrons. The smallest absolute Gasteiger partial charge is 0.239 e. The number of amides is 1. The average molecular weight is 305 g/mol. The Morgan fingerprint density at radius 3 is 2.67 bits per heavy atom. The van der Waals surface area contributed by atoms with E-state index in [-0.39, 0.29) is 12.5 Å². The number of carbonyl (C=O) groups excluding carboxylic acids is 1. The van der Waals surface area contributed by atoms with Gasteiger partial charge in [0.25, 0.3) is 0 Å². The van der Waals surface area contributed by atoms with E-state index >= 15 is 0 Å². The zero-order valence-corrected chi connectivity index (χ0v) is 12.5. The summed E-state index contributed by atoms with van der Waals surface area (Å²) < 4.78 is 5.21. The summed E-state index contributed by atoms with van der Waals surface area (Å²) in [5.74, 6) is 0.552. The number of hydrogen-bond donors (Lipinski definition) is 2. The van der Waals surface area contributed by atoms with Gasteiger partial charge >= 0.3 is 0 Å². The molecule has 0 saturated heterocycles. The Balaban J connectivity index is 1.85. The molecule has 0 aromatic heterocycles. The third-order valence-corrected chi connectivity index (χ3v) is 3.17. The van der Waals surface area contributed by atoms with Crippen molar-refractivity contribution in [2.75, 3.05) is 19.0 Å². The van der Waals surface area contributed by atoms with E-state index < -0.39 is 0 Å². The molecule has 0 aliphatic heterocycles. The highest BCUT2D eigenvalue weighted by molar-refractivity contribution is 6.30. The number of nitrogens with one attached hydrogen (secondary N) is 2. The standard InChI is InChI=1S/C16H17ClN2O2/c1-21-15-8-7-13(17)9-14(15)18-11-16(20)19-10-12-5-3-2-4-6-12/h2-9,18H,10-11H2,1H3,(H,19,20). The molecule has 0 atom stereocenters. The number of benzene rings is 2. The number of ether oxygens (including phenoxy) is 1. The largest absolute Gasteiger partial charge is 0.495 e. The third-order valence-electron chi connectivity index (χ3n) is 2.93. The molecule has 0 bridgehead atoms. The van der Waals surface area contributed by atoms with Gasteiger partial charge in [-0.05, 0) is 23.8 Å². The van der Waals surface area contributed by atoms with Crippen LogP contribution in [0.4, 0.5) is 5.69 Å². The molecule has 0 aliphatic rings. The molecule has 5 heteroatoms. The third kappa shape index (κ3) is 4.68. The van der Waals surface area contributed by atoms with Gasteiger partial charge in [-0.3, -0.25) is 4.79 Å². The molecule has 0 aliphatic carbocycles. The second-order valence-corrected chi connectivity index (χ2v) is 4.90. The van der Waals surface area contributed by atoms with Gasteiger partial charge in [0.1, 0.15) is 5.75 Å². The maximum absolute atomic E-state index is 11.8. The fraction of sp³-hybridized carbons (Fsp3) is 0.188. The summed E-state index contributed by atoms with van der Waals surface area (Å²) in [5, 5.41) is 6.45. The van der Waals surface area contributed by atoms with Crippen LogP contribution < -0.4 is 15.4 Å². The van der Waals surface area contributed by atoms with Gasteiger partial charge in [0.2, 0.25) is 5.91 Å². The minimum atomic E-state index is -0.0964. The van der Waals surface area contributed by atoms with Gasteiger partial charge in [0.05, 0.1) is 19.3 Å². The highest BCUT2D eigenvalue weighted by atomic mass is 35.5. The Kier molecular flexibility index (Phi) is 5.46. The van der Waals surface area contributed by atoms with Gasteiger partial charge in [0.15, 0.2) is 0 Å². The highest BCUT2D eigenvalue weighted by Gasteiger charge is 2.06. The summed E-state index contributed by atoms with van der Waals surface area (Å²) >= 11 is 5.93. The van der Waals surface area contributed by atoms with Crippen LogP contribution in [0.5, 0.6) is 5.75 Å². The fourth-order valence-electron chi connectivity index (χ4n) is 1.85. The van der Waals surface area contributed by atoms with Crippen LogP contribution in [0.3, 0.4) is 0 Å². The van der Waals surface area contributed by atoms with Gasteiger partial charge in [-0.25, -0.2) is 0 Å². The first-order valence-electron chi connectivity index (χ1n) is 6.57. The summed E-state index contributed by atoms with van der Waals surface area (Å²) in [6, 6.07) is 15.0. The van der Waals surface area contributed by atoms with Crippen LogP contribution in [0.2, 0.25) is 5.02 Å². The predicted molar refractivity (Wildman–Crippen MR) is 84.8 cm³/mol. The zero-order chi connectivity index (χ0) is 15.1. The van der Waals surface area contributed by atoms with Crippen molar-refractivity contribution in [3.8, 4) is 5.75 Å². The van der Waals surface area contributed by atoms with Crippen LogP contribution in [0.1, 0.15) is 5.56 Å². The van der Waals surface area contributed by atoms with E-state index in [1.54, 1.807) is 25.3 Å². The fourth-order valence-corrected chi connectivity index (χ4v) is 2.02. The molecule has 0 saturated carbocycles. The topological polar surface area (TPSA) is 50.4 Å². The van der Waals surface area contributed by atoms with E-state index in [1.165, 1.54) is 0 Å². The van der Waals surface area contributed by atoms with Crippen LogP contribution in [0, 0.1) is 0 Å². The van der Waals surface area contributed by atoms with Gasteiger partial charge in [-0.1, -0.05) is 41.9 Å². The van der Waals surface area contributed by atoms with Crippen molar-refractivity contribution in [3.63, 3.8) is 0 Å². The summed E-state index contributed by atoms with van der Waals surface area (Å²) in [5.41, 5.74) is 1.76. The predicted octanol–water partition coefficient (Wildman–Crippen LogP) is 3.08. The van der Waals surface area contributed by atoms with Gasteiger partial charge in [0, 0.05) is 11.6 Å². The van der Waals surface area contributed by atoms with E-state index in [0.717, 1.165) is 5.56 Å². The van der Waals surface area contributed by atoms with Crippen molar-refractivity contribution in [3.05, 3.63) is 59.1 Å². The minimum Gasteiger partial charge on any atom is -0.495 e. The molecule has 2 aromatic carbocycles. The van der Waals surface area contributed by atoms with Gasteiger partial charge in [-0.15, -0.1) is 0 Å². The molecule has 0 heterocycles. The molecule has 1 amide bonds. The van der Waals surface area contributed by atoms with Crippen LogP contribution in [0.15, 0.2) is 48.5 Å². The van der Waals surface area contributed by atoms with Crippen LogP contribution in [-0.4, -0.2) is 19.6 Å². The number of halogens is 1. The second-order valence-electron chi connectivity index (χ2n) is 4.46. The number of anilines is 1. The Hall–Kier alpha value is -2.20. The molecule has 0 radical (unpaired) electrons. The zero-order valence-electron chi connectivity index (χ0n) is 11.7.